The van der Waals surface area contributed by atoms with Crippen LogP contribution in [0.15, 0.2) is 42.3 Å². The van der Waals surface area contributed by atoms with E-state index < -0.39 is 5.60 Å². The maximum absolute atomic E-state index is 5.89. The van der Waals surface area contributed by atoms with E-state index in [-0.39, 0.29) is 17.7 Å². The van der Waals surface area contributed by atoms with Gasteiger partial charge in [-0.15, -0.1) is 0 Å². The molecule has 2 rings (SSSR count). The van der Waals surface area contributed by atoms with Gasteiger partial charge in [-0.2, -0.15) is 4.98 Å². The molecule has 0 spiro atoms. The van der Waals surface area contributed by atoms with Crippen molar-refractivity contribution >= 4 is 11.8 Å². The van der Waals surface area contributed by atoms with Gasteiger partial charge in [0.25, 0.3) is 0 Å². The summed E-state index contributed by atoms with van der Waals surface area (Å²) in [5, 5.41) is 0. The van der Waals surface area contributed by atoms with E-state index in [0.717, 1.165) is 11.3 Å². The summed E-state index contributed by atoms with van der Waals surface area (Å²) in [7, 11) is 1.67. The summed E-state index contributed by atoms with van der Waals surface area (Å²) < 4.78 is 11.5. The number of methoxy groups -OCH3 is 1. The Morgan fingerprint density at radius 2 is 2.14 bits per heavy atom. The maximum atomic E-state index is 5.89. The standard InChI is InChI=1S/C16H22N4O2/c1-5-16(21-4)7-6-12(11(8-16)10(2)3)22-13-9-19-15(18)20-14(13)17/h5-7,9-10H,1,8H2,2-4H3,(H4,17,18,19,20). The maximum Gasteiger partial charge on any atom is 0.222 e. The topological polar surface area (TPSA) is 96.3 Å². The van der Waals surface area contributed by atoms with E-state index in [0.29, 0.717) is 12.2 Å². The molecule has 6 heteroatoms. The van der Waals surface area contributed by atoms with Crippen LogP contribution in [0, 0.1) is 5.92 Å². The monoisotopic (exact) mass is 302 g/mol. The first kappa shape index (κ1) is 16.0. The number of allylic oxidation sites excluding steroid dienone is 1. The van der Waals surface area contributed by atoms with Gasteiger partial charge in [0.05, 0.1) is 6.20 Å². The number of nitrogens with zero attached hydrogens (tertiary/aromatic N) is 2. The lowest BCUT2D eigenvalue weighted by atomic mass is 9.84. The quantitative estimate of drug-likeness (QED) is 0.811. The zero-order valence-electron chi connectivity index (χ0n) is 13.2. The van der Waals surface area contributed by atoms with Crippen LogP contribution in [-0.2, 0) is 4.74 Å². The number of rotatable bonds is 5. The molecule has 1 aliphatic rings. The van der Waals surface area contributed by atoms with Crippen LogP contribution in [0.4, 0.5) is 11.8 Å². The summed E-state index contributed by atoms with van der Waals surface area (Å²) in [6, 6.07) is 0. The lowest BCUT2D eigenvalue weighted by Gasteiger charge is -2.32. The fourth-order valence-electron chi connectivity index (χ4n) is 2.31. The van der Waals surface area contributed by atoms with E-state index in [9.17, 15) is 0 Å². The third-order valence-electron chi connectivity index (χ3n) is 3.74. The van der Waals surface area contributed by atoms with Gasteiger partial charge in [-0.3, -0.25) is 0 Å². The molecule has 22 heavy (non-hydrogen) atoms. The normalized spacial score (nSPS) is 21.3. The Labute approximate surface area is 130 Å². The van der Waals surface area contributed by atoms with Gasteiger partial charge in [-0.05, 0) is 23.6 Å². The highest BCUT2D eigenvalue weighted by molar-refractivity contribution is 5.49. The summed E-state index contributed by atoms with van der Waals surface area (Å²) in [6.45, 7) is 8.06. The van der Waals surface area contributed by atoms with Crippen LogP contribution >= 0.6 is 0 Å². The molecular weight excluding hydrogens is 280 g/mol. The molecule has 1 aliphatic carbocycles. The van der Waals surface area contributed by atoms with Gasteiger partial charge < -0.3 is 20.9 Å². The summed E-state index contributed by atoms with van der Waals surface area (Å²) in [4.78, 5) is 7.81. The third kappa shape index (κ3) is 3.12. The van der Waals surface area contributed by atoms with Crippen LogP contribution in [-0.4, -0.2) is 22.7 Å². The molecule has 0 aliphatic heterocycles. The second kappa shape index (κ2) is 6.19. The molecule has 1 atom stereocenters. The van der Waals surface area contributed by atoms with E-state index in [1.54, 1.807) is 13.2 Å². The van der Waals surface area contributed by atoms with Gasteiger partial charge >= 0.3 is 0 Å². The largest absolute Gasteiger partial charge is 0.452 e. The Hall–Kier alpha value is -2.34. The molecule has 0 aromatic carbocycles. The zero-order valence-corrected chi connectivity index (χ0v) is 13.2. The van der Waals surface area contributed by atoms with E-state index in [1.165, 1.54) is 6.20 Å². The molecule has 1 heterocycles. The lowest BCUT2D eigenvalue weighted by molar-refractivity contribution is 0.0699. The van der Waals surface area contributed by atoms with Crippen molar-refractivity contribution in [2.45, 2.75) is 25.9 Å². The molecular formula is C16H22N4O2. The van der Waals surface area contributed by atoms with Gasteiger partial charge in [-0.25, -0.2) is 4.98 Å². The summed E-state index contributed by atoms with van der Waals surface area (Å²) in [6.07, 6.45) is 7.74. The minimum absolute atomic E-state index is 0.118. The summed E-state index contributed by atoms with van der Waals surface area (Å²) in [5.41, 5.74) is 11.9. The van der Waals surface area contributed by atoms with E-state index in [4.69, 9.17) is 20.9 Å². The molecule has 1 unspecified atom stereocenters. The number of hydrogen-bond donors (Lipinski definition) is 2. The Kier molecular flexibility index (Phi) is 4.51. The van der Waals surface area contributed by atoms with Crippen LogP contribution in [0.2, 0.25) is 0 Å². The average Bonchev–Trinajstić information content (AvgIpc) is 2.50. The van der Waals surface area contributed by atoms with Crippen molar-refractivity contribution in [3.63, 3.8) is 0 Å². The highest BCUT2D eigenvalue weighted by Crippen LogP contribution is 2.36. The number of nitrogen functional groups attached to an aromatic ring is 2. The first-order chi connectivity index (χ1) is 10.4. The fraction of sp³-hybridized carbons (Fsp3) is 0.375. The van der Waals surface area contributed by atoms with Gasteiger partial charge in [0.2, 0.25) is 5.95 Å². The number of nitrogens with two attached hydrogens (primary N) is 2. The third-order valence-corrected chi connectivity index (χ3v) is 3.74. The minimum atomic E-state index is -0.504. The van der Waals surface area contributed by atoms with Crippen molar-refractivity contribution < 1.29 is 9.47 Å². The first-order valence-electron chi connectivity index (χ1n) is 7.07. The fourth-order valence-corrected chi connectivity index (χ4v) is 2.31. The van der Waals surface area contributed by atoms with Crippen LogP contribution in [0.1, 0.15) is 20.3 Å². The molecule has 1 aromatic heterocycles. The Morgan fingerprint density at radius 3 is 2.68 bits per heavy atom. The van der Waals surface area contributed by atoms with Crippen molar-refractivity contribution in [2.75, 3.05) is 18.6 Å². The van der Waals surface area contributed by atoms with E-state index in [1.807, 2.05) is 12.2 Å². The Bertz CT molecular complexity index is 637. The van der Waals surface area contributed by atoms with Crippen molar-refractivity contribution in [3.05, 3.63) is 42.3 Å². The number of ether oxygens (including phenoxy) is 2. The predicted molar refractivity (Wildman–Crippen MR) is 87.0 cm³/mol. The smallest absolute Gasteiger partial charge is 0.222 e. The zero-order chi connectivity index (χ0) is 16.3. The first-order valence-corrected chi connectivity index (χ1v) is 7.07. The highest BCUT2D eigenvalue weighted by Gasteiger charge is 2.31. The van der Waals surface area contributed by atoms with Crippen molar-refractivity contribution in [3.8, 4) is 5.75 Å². The van der Waals surface area contributed by atoms with Crippen molar-refractivity contribution in [2.24, 2.45) is 5.92 Å². The molecule has 0 amide bonds. The molecule has 0 radical (unpaired) electrons. The molecule has 0 saturated carbocycles. The van der Waals surface area contributed by atoms with Gasteiger partial charge in [0.1, 0.15) is 11.4 Å². The summed E-state index contributed by atoms with van der Waals surface area (Å²) >= 11 is 0. The number of aromatic nitrogens is 2. The predicted octanol–water partition coefficient (Wildman–Crippen LogP) is 2.46. The van der Waals surface area contributed by atoms with Crippen LogP contribution in [0.25, 0.3) is 0 Å². The number of hydrogen-bond acceptors (Lipinski definition) is 6. The van der Waals surface area contributed by atoms with Crippen molar-refractivity contribution in [1.29, 1.82) is 0 Å². The lowest BCUT2D eigenvalue weighted by Crippen LogP contribution is -2.30. The second-order valence-electron chi connectivity index (χ2n) is 5.50. The van der Waals surface area contributed by atoms with Gasteiger partial charge in [0.15, 0.2) is 11.6 Å². The molecule has 0 saturated heterocycles. The van der Waals surface area contributed by atoms with Gasteiger partial charge in [-0.1, -0.05) is 26.5 Å². The summed E-state index contributed by atoms with van der Waals surface area (Å²) in [5.74, 6) is 1.72. The van der Waals surface area contributed by atoms with Crippen LogP contribution in [0.5, 0.6) is 5.75 Å². The van der Waals surface area contributed by atoms with Crippen molar-refractivity contribution in [1.82, 2.24) is 9.97 Å². The molecule has 118 valence electrons. The molecule has 4 N–H and O–H groups in total. The number of anilines is 2. The second-order valence-corrected chi connectivity index (χ2v) is 5.50. The Morgan fingerprint density at radius 1 is 1.41 bits per heavy atom. The molecule has 6 nitrogen and oxygen atoms in total. The molecule has 1 aromatic rings. The highest BCUT2D eigenvalue weighted by atomic mass is 16.5. The average molecular weight is 302 g/mol. The minimum Gasteiger partial charge on any atom is -0.452 e. The SMILES string of the molecule is C=CC1(OC)C=CC(Oc2cnc(N)nc2N)=C(C(C)C)C1. The Balaban J connectivity index is 2.35. The van der Waals surface area contributed by atoms with E-state index in [2.05, 4.69) is 30.4 Å². The molecule has 0 fully saturated rings. The van der Waals surface area contributed by atoms with Crippen LogP contribution < -0.4 is 16.2 Å². The van der Waals surface area contributed by atoms with Crippen LogP contribution in [0.3, 0.4) is 0 Å². The molecule has 0 bridgehead atoms. The van der Waals surface area contributed by atoms with Gasteiger partial charge in [0, 0.05) is 13.5 Å². The van der Waals surface area contributed by atoms with E-state index >= 15 is 0 Å².